The number of anilines is 2. The summed E-state index contributed by atoms with van der Waals surface area (Å²) in [6, 6.07) is 13.4. The first-order valence-corrected chi connectivity index (χ1v) is 9.05. The molecule has 2 aromatic rings. The highest BCUT2D eigenvalue weighted by Gasteiger charge is 2.20. The highest BCUT2D eigenvalue weighted by Crippen LogP contribution is 2.29. The van der Waals surface area contributed by atoms with Crippen molar-refractivity contribution < 1.29 is 14.3 Å². The first-order valence-electron chi connectivity index (χ1n) is 9.05. The third-order valence-corrected chi connectivity index (χ3v) is 4.73. The zero-order valence-corrected chi connectivity index (χ0v) is 15.9. The summed E-state index contributed by atoms with van der Waals surface area (Å²) in [5.41, 5.74) is 3.34. The highest BCUT2D eigenvalue weighted by molar-refractivity contribution is 6.03. The summed E-state index contributed by atoms with van der Waals surface area (Å²) in [6.45, 7) is 2.32. The molecule has 6 nitrogen and oxygen atoms in total. The third kappa shape index (κ3) is 4.58. The topological polar surface area (TPSA) is 70.7 Å². The van der Waals surface area contributed by atoms with E-state index in [1.165, 1.54) is 5.56 Å². The Morgan fingerprint density at radius 3 is 2.70 bits per heavy atom. The Hall–Kier alpha value is -3.02. The lowest BCUT2D eigenvalue weighted by Crippen LogP contribution is -2.36. The maximum atomic E-state index is 12.5. The molecule has 0 saturated heterocycles. The van der Waals surface area contributed by atoms with Gasteiger partial charge >= 0.3 is 0 Å². The summed E-state index contributed by atoms with van der Waals surface area (Å²) in [6.07, 6.45) is 1.71. The van der Waals surface area contributed by atoms with Crippen LogP contribution in [0.25, 0.3) is 0 Å². The molecule has 0 radical (unpaired) electrons. The maximum Gasteiger partial charge on any atom is 0.251 e. The van der Waals surface area contributed by atoms with Crippen molar-refractivity contribution in [2.45, 2.75) is 25.8 Å². The van der Waals surface area contributed by atoms with Crippen molar-refractivity contribution in [1.82, 2.24) is 5.32 Å². The molecule has 2 aromatic carbocycles. The van der Waals surface area contributed by atoms with Crippen LogP contribution in [-0.2, 0) is 11.2 Å². The van der Waals surface area contributed by atoms with Crippen LogP contribution in [0.1, 0.15) is 29.3 Å². The number of ether oxygens (including phenoxy) is 1. The van der Waals surface area contributed by atoms with Gasteiger partial charge in [-0.3, -0.25) is 9.59 Å². The van der Waals surface area contributed by atoms with Crippen molar-refractivity contribution in [3.63, 3.8) is 0 Å². The van der Waals surface area contributed by atoms with E-state index in [0.29, 0.717) is 17.8 Å². The number of carbonyl (C=O) groups is 2. The smallest absolute Gasteiger partial charge is 0.251 e. The first kappa shape index (κ1) is 18.8. The van der Waals surface area contributed by atoms with Gasteiger partial charge in [-0.25, -0.2) is 0 Å². The van der Waals surface area contributed by atoms with Gasteiger partial charge < -0.3 is 20.3 Å². The van der Waals surface area contributed by atoms with Crippen molar-refractivity contribution >= 4 is 23.2 Å². The van der Waals surface area contributed by atoms with Crippen molar-refractivity contribution in [1.29, 1.82) is 0 Å². The zero-order valence-electron chi connectivity index (χ0n) is 15.9. The van der Waals surface area contributed by atoms with Crippen molar-refractivity contribution in [2.75, 3.05) is 30.9 Å². The number of likely N-dealkylation sites (N-methyl/N-ethyl adjacent to an activating group) is 1. The number of nitrogens with one attached hydrogen (secondary N) is 2. The lowest BCUT2D eigenvalue weighted by atomic mass is 10.1. The molecule has 0 bridgehead atoms. The molecule has 1 heterocycles. The molecule has 27 heavy (non-hydrogen) atoms. The molecule has 142 valence electrons. The minimum Gasteiger partial charge on any atom is -0.497 e. The molecule has 2 N–H and O–H groups in total. The van der Waals surface area contributed by atoms with Gasteiger partial charge in [-0.15, -0.1) is 0 Å². The van der Waals surface area contributed by atoms with Crippen LogP contribution in [0.5, 0.6) is 5.75 Å². The second-order valence-electron chi connectivity index (χ2n) is 6.90. The second-order valence-corrected chi connectivity index (χ2v) is 6.90. The summed E-state index contributed by atoms with van der Waals surface area (Å²) in [5.74, 6) is 0.628. The Bertz CT molecular complexity index is 833. The quantitative estimate of drug-likeness (QED) is 0.824. The lowest BCUT2D eigenvalue weighted by Gasteiger charge is -2.27. The number of hydrogen-bond acceptors (Lipinski definition) is 4. The Labute approximate surface area is 159 Å². The summed E-state index contributed by atoms with van der Waals surface area (Å²) in [7, 11) is 3.51. The predicted octanol–water partition coefficient (Wildman–Crippen LogP) is 2.83. The minimum atomic E-state index is -0.137. The van der Waals surface area contributed by atoms with E-state index >= 15 is 0 Å². The Balaban J connectivity index is 1.58. The molecular formula is C21H25N3O3. The molecule has 0 spiro atoms. The van der Waals surface area contributed by atoms with E-state index in [0.717, 1.165) is 24.3 Å². The SMILES string of the molecule is COc1ccc(CCC(C)NC(=O)c2ccc3c(c2)NC(=O)CN3C)cc1. The molecule has 1 atom stereocenters. The number of carbonyl (C=O) groups excluding carboxylic acids is 2. The van der Waals surface area contributed by atoms with E-state index in [1.807, 2.05) is 49.2 Å². The van der Waals surface area contributed by atoms with Crippen LogP contribution >= 0.6 is 0 Å². The van der Waals surface area contributed by atoms with Gasteiger partial charge in [0.15, 0.2) is 0 Å². The van der Waals surface area contributed by atoms with E-state index in [2.05, 4.69) is 10.6 Å². The predicted molar refractivity (Wildman–Crippen MR) is 107 cm³/mol. The monoisotopic (exact) mass is 367 g/mol. The molecule has 0 fully saturated rings. The number of aryl methyl sites for hydroxylation is 1. The van der Waals surface area contributed by atoms with E-state index in [1.54, 1.807) is 19.2 Å². The van der Waals surface area contributed by atoms with E-state index in [9.17, 15) is 9.59 Å². The van der Waals surface area contributed by atoms with Crippen molar-refractivity contribution in [2.24, 2.45) is 0 Å². The van der Waals surface area contributed by atoms with Gasteiger partial charge in [-0.2, -0.15) is 0 Å². The number of benzene rings is 2. The van der Waals surface area contributed by atoms with Crippen LogP contribution < -0.4 is 20.3 Å². The summed E-state index contributed by atoms with van der Waals surface area (Å²) in [4.78, 5) is 26.1. The Morgan fingerprint density at radius 1 is 1.26 bits per heavy atom. The van der Waals surface area contributed by atoms with Gasteiger partial charge in [0.25, 0.3) is 5.91 Å². The number of hydrogen-bond donors (Lipinski definition) is 2. The molecule has 1 aliphatic heterocycles. The molecule has 1 aliphatic rings. The van der Waals surface area contributed by atoms with Gasteiger partial charge in [-0.1, -0.05) is 12.1 Å². The minimum absolute atomic E-state index is 0.0351. The average Bonchev–Trinajstić information content (AvgIpc) is 2.66. The van der Waals surface area contributed by atoms with Crippen molar-refractivity contribution in [3.8, 4) is 5.75 Å². The number of nitrogens with zero attached hydrogens (tertiary/aromatic N) is 1. The fourth-order valence-corrected chi connectivity index (χ4v) is 3.16. The van der Waals surface area contributed by atoms with Gasteiger partial charge in [0, 0.05) is 18.7 Å². The van der Waals surface area contributed by atoms with Crippen molar-refractivity contribution in [3.05, 3.63) is 53.6 Å². The van der Waals surface area contributed by atoms with Gasteiger partial charge in [0.05, 0.1) is 25.0 Å². The molecule has 0 aromatic heterocycles. The fourth-order valence-electron chi connectivity index (χ4n) is 3.16. The Kier molecular flexibility index (Phi) is 5.64. The van der Waals surface area contributed by atoms with Gasteiger partial charge in [-0.05, 0) is 55.7 Å². The van der Waals surface area contributed by atoms with Gasteiger partial charge in [0.2, 0.25) is 5.91 Å². The fraction of sp³-hybridized carbons (Fsp3) is 0.333. The maximum absolute atomic E-state index is 12.5. The zero-order chi connectivity index (χ0) is 19.4. The second kappa shape index (κ2) is 8.12. The molecule has 2 amide bonds. The van der Waals surface area contributed by atoms with E-state index in [-0.39, 0.29) is 17.9 Å². The van der Waals surface area contributed by atoms with E-state index in [4.69, 9.17) is 4.74 Å². The summed E-state index contributed by atoms with van der Waals surface area (Å²) < 4.78 is 5.16. The van der Waals surface area contributed by atoms with E-state index < -0.39 is 0 Å². The third-order valence-electron chi connectivity index (χ3n) is 4.73. The van der Waals surface area contributed by atoms with Crippen LogP contribution in [0.15, 0.2) is 42.5 Å². The van der Waals surface area contributed by atoms with Crippen LogP contribution in [0.2, 0.25) is 0 Å². The van der Waals surface area contributed by atoms with Crippen LogP contribution in [0.3, 0.4) is 0 Å². The molecule has 0 aliphatic carbocycles. The van der Waals surface area contributed by atoms with Crippen LogP contribution in [0.4, 0.5) is 11.4 Å². The Morgan fingerprint density at radius 2 is 2.00 bits per heavy atom. The number of fused-ring (bicyclic) bond motifs is 1. The number of rotatable bonds is 6. The molecule has 3 rings (SSSR count). The standard InChI is InChI=1S/C21H25N3O3/c1-14(4-5-15-6-9-17(27-3)10-7-15)22-21(26)16-8-11-19-18(12-16)23-20(25)13-24(19)2/h6-12,14H,4-5,13H2,1-3H3,(H,22,26)(H,23,25). The summed E-state index contributed by atoms with van der Waals surface area (Å²) in [5, 5.41) is 5.85. The number of methoxy groups -OCH3 is 1. The molecule has 0 saturated carbocycles. The van der Waals surface area contributed by atoms with Gasteiger partial charge in [0.1, 0.15) is 5.75 Å². The summed E-state index contributed by atoms with van der Waals surface area (Å²) >= 11 is 0. The molecule has 1 unspecified atom stereocenters. The first-order chi connectivity index (χ1) is 13.0. The average molecular weight is 367 g/mol. The number of amides is 2. The largest absolute Gasteiger partial charge is 0.497 e. The highest BCUT2D eigenvalue weighted by atomic mass is 16.5. The van der Waals surface area contributed by atoms with Crippen LogP contribution in [-0.4, -0.2) is 38.6 Å². The molecular weight excluding hydrogens is 342 g/mol. The van der Waals surface area contributed by atoms with Crippen LogP contribution in [0, 0.1) is 0 Å². The lowest BCUT2D eigenvalue weighted by molar-refractivity contribution is -0.115. The normalized spacial score (nSPS) is 14.2. The molecule has 6 heteroatoms.